The molecule has 5 N–H and O–H groups in total. The van der Waals surface area contributed by atoms with Gasteiger partial charge in [-0.25, -0.2) is 4.79 Å². The predicted octanol–water partition coefficient (Wildman–Crippen LogP) is 3.87. The minimum Gasteiger partial charge on any atom is -0.351 e. The zero-order valence-electron chi connectivity index (χ0n) is 16.8. The van der Waals surface area contributed by atoms with Crippen LogP contribution >= 0.6 is 11.9 Å². The molecule has 5 nitrogen and oxygen atoms in total. The number of hydrogen-bond acceptors (Lipinski definition) is 4. The van der Waals surface area contributed by atoms with Gasteiger partial charge >= 0.3 is 6.03 Å². The monoisotopic (exact) mass is 398 g/mol. The van der Waals surface area contributed by atoms with Crippen molar-refractivity contribution in [2.24, 2.45) is 10.9 Å². The molecule has 0 spiro atoms. The van der Waals surface area contributed by atoms with Crippen LogP contribution in [-0.4, -0.2) is 25.0 Å². The van der Waals surface area contributed by atoms with Crippen LogP contribution in [0, 0.1) is 0 Å². The number of aryl methyl sites for hydroxylation is 2. The van der Waals surface area contributed by atoms with Crippen molar-refractivity contribution in [1.29, 1.82) is 0 Å². The standard InChI is InChI=1S/C13H16N2O.C9H14N2S/c14-13(16)15-12-10-5-1-3-8(10)7-9-4-2-6-11(9)12;1-11(2)7-8-4-3-5-9(6-8)12-10/h7H,1-6H2,(H3,14,15,16);3-6H,7,10H2,1-2H3. The summed E-state index contributed by atoms with van der Waals surface area (Å²) >= 11 is 1.29. The Hall–Kier alpha value is -2.02. The van der Waals surface area contributed by atoms with E-state index in [1.807, 2.05) is 12.1 Å². The fourth-order valence-corrected chi connectivity index (χ4v) is 4.55. The van der Waals surface area contributed by atoms with Gasteiger partial charge < -0.3 is 16.0 Å². The minimum atomic E-state index is -0.436. The molecule has 0 saturated carbocycles. The number of nitrogens with two attached hydrogens (primary N) is 2. The second-order valence-electron chi connectivity index (χ2n) is 7.73. The molecule has 0 unspecified atom stereocenters. The number of primary amides is 1. The molecule has 0 atom stereocenters. The molecular formula is C22H30N4OS. The van der Waals surface area contributed by atoms with Gasteiger partial charge in [0, 0.05) is 17.1 Å². The van der Waals surface area contributed by atoms with Crippen molar-refractivity contribution in [3.05, 3.63) is 58.1 Å². The van der Waals surface area contributed by atoms with Crippen LogP contribution in [-0.2, 0) is 32.2 Å². The summed E-state index contributed by atoms with van der Waals surface area (Å²) in [4.78, 5) is 14.3. The van der Waals surface area contributed by atoms with Crippen LogP contribution < -0.4 is 16.2 Å². The van der Waals surface area contributed by atoms with E-state index < -0.39 is 6.03 Å². The van der Waals surface area contributed by atoms with Crippen LogP contribution in [0.2, 0.25) is 0 Å². The van der Waals surface area contributed by atoms with E-state index in [0.717, 1.165) is 42.8 Å². The zero-order chi connectivity index (χ0) is 20.1. The van der Waals surface area contributed by atoms with Crippen molar-refractivity contribution in [2.75, 3.05) is 19.4 Å². The minimum absolute atomic E-state index is 0.436. The lowest BCUT2D eigenvalue weighted by Crippen LogP contribution is -2.21. The number of anilines is 1. The summed E-state index contributed by atoms with van der Waals surface area (Å²) in [6, 6.07) is 10.2. The van der Waals surface area contributed by atoms with Crippen molar-refractivity contribution in [3.63, 3.8) is 0 Å². The average molecular weight is 399 g/mol. The molecule has 2 aromatic rings. The van der Waals surface area contributed by atoms with E-state index in [4.69, 9.17) is 10.9 Å². The van der Waals surface area contributed by atoms with E-state index in [9.17, 15) is 4.79 Å². The van der Waals surface area contributed by atoms with Gasteiger partial charge in [0.05, 0.1) is 0 Å². The molecular weight excluding hydrogens is 368 g/mol. The molecule has 0 bridgehead atoms. The van der Waals surface area contributed by atoms with E-state index in [-0.39, 0.29) is 0 Å². The summed E-state index contributed by atoms with van der Waals surface area (Å²) in [5.41, 5.74) is 13.1. The molecule has 2 aromatic carbocycles. The first-order valence-electron chi connectivity index (χ1n) is 9.81. The summed E-state index contributed by atoms with van der Waals surface area (Å²) in [5.74, 6) is 0. The van der Waals surface area contributed by atoms with Gasteiger partial charge in [0.25, 0.3) is 0 Å². The lowest BCUT2D eigenvalue weighted by atomic mass is 9.99. The Morgan fingerprint density at radius 3 is 2.25 bits per heavy atom. The highest BCUT2D eigenvalue weighted by molar-refractivity contribution is 7.97. The lowest BCUT2D eigenvalue weighted by Gasteiger charge is -2.14. The largest absolute Gasteiger partial charge is 0.351 e. The van der Waals surface area contributed by atoms with Gasteiger partial charge in [-0.2, -0.15) is 0 Å². The Kier molecular flexibility index (Phi) is 6.99. The number of carbonyl (C=O) groups excluding carboxylic acids is 1. The van der Waals surface area contributed by atoms with Gasteiger partial charge in [-0.05, 0) is 105 Å². The van der Waals surface area contributed by atoms with Crippen molar-refractivity contribution in [2.45, 2.75) is 50.0 Å². The fourth-order valence-electron chi connectivity index (χ4n) is 4.17. The van der Waals surface area contributed by atoms with E-state index in [1.165, 1.54) is 52.6 Å². The molecule has 0 aliphatic heterocycles. The number of hydrogen-bond donors (Lipinski definition) is 3. The highest BCUT2D eigenvalue weighted by atomic mass is 32.2. The smallest absolute Gasteiger partial charge is 0.316 e. The molecule has 6 heteroatoms. The third-order valence-corrected chi connectivity index (χ3v) is 5.78. The van der Waals surface area contributed by atoms with Crippen molar-refractivity contribution >= 4 is 23.7 Å². The van der Waals surface area contributed by atoms with Gasteiger partial charge in [-0.1, -0.05) is 18.2 Å². The molecule has 0 radical (unpaired) electrons. The predicted molar refractivity (Wildman–Crippen MR) is 118 cm³/mol. The van der Waals surface area contributed by atoms with Gasteiger partial charge in [0.2, 0.25) is 0 Å². The molecule has 2 aliphatic rings. The highest BCUT2D eigenvalue weighted by Gasteiger charge is 2.24. The van der Waals surface area contributed by atoms with E-state index in [0.29, 0.717) is 0 Å². The van der Waals surface area contributed by atoms with Crippen molar-refractivity contribution < 1.29 is 4.79 Å². The quantitative estimate of drug-likeness (QED) is 0.683. The molecule has 2 aliphatic carbocycles. The molecule has 28 heavy (non-hydrogen) atoms. The van der Waals surface area contributed by atoms with E-state index in [2.05, 4.69) is 42.5 Å². The summed E-state index contributed by atoms with van der Waals surface area (Å²) in [6.07, 6.45) is 6.86. The topological polar surface area (TPSA) is 84.4 Å². The van der Waals surface area contributed by atoms with E-state index >= 15 is 0 Å². The maximum atomic E-state index is 11.1. The normalized spacial score (nSPS) is 14.3. The number of urea groups is 1. The molecule has 4 rings (SSSR count). The molecule has 0 aromatic heterocycles. The summed E-state index contributed by atoms with van der Waals surface area (Å²) in [7, 11) is 4.12. The van der Waals surface area contributed by atoms with Gasteiger partial charge in [-0.15, -0.1) is 0 Å². The lowest BCUT2D eigenvalue weighted by molar-refractivity contribution is 0.259. The number of fused-ring (bicyclic) bond motifs is 2. The Bertz CT molecular complexity index is 818. The third-order valence-electron chi connectivity index (χ3n) is 5.25. The Morgan fingerprint density at radius 1 is 1.07 bits per heavy atom. The van der Waals surface area contributed by atoms with Crippen LogP contribution in [0.15, 0.2) is 35.2 Å². The van der Waals surface area contributed by atoms with Crippen molar-refractivity contribution in [3.8, 4) is 0 Å². The first-order valence-corrected chi connectivity index (χ1v) is 10.7. The van der Waals surface area contributed by atoms with Crippen molar-refractivity contribution in [1.82, 2.24) is 4.90 Å². The van der Waals surface area contributed by atoms with Gasteiger partial charge in [0.15, 0.2) is 0 Å². The van der Waals surface area contributed by atoms with Crippen LogP contribution in [0.25, 0.3) is 0 Å². The maximum absolute atomic E-state index is 11.1. The summed E-state index contributed by atoms with van der Waals surface area (Å²) < 4.78 is 0. The molecule has 0 saturated heterocycles. The number of benzene rings is 2. The Balaban J connectivity index is 0.000000169. The number of carbonyl (C=O) groups is 1. The van der Waals surface area contributed by atoms with Crippen LogP contribution in [0.3, 0.4) is 0 Å². The summed E-state index contributed by atoms with van der Waals surface area (Å²) in [6.45, 7) is 0.967. The Morgan fingerprint density at radius 2 is 1.71 bits per heavy atom. The molecule has 0 heterocycles. The zero-order valence-corrected chi connectivity index (χ0v) is 17.6. The third kappa shape index (κ3) is 5.07. The second kappa shape index (κ2) is 9.45. The average Bonchev–Trinajstić information content (AvgIpc) is 3.30. The maximum Gasteiger partial charge on any atom is 0.316 e. The summed E-state index contributed by atoms with van der Waals surface area (Å²) in [5, 5.41) is 8.30. The van der Waals surface area contributed by atoms with E-state index in [1.54, 1.807) is 0 Å². The SMILES string of the molecule is CN(C)Cc1cccc(SN)c1.NC(=O)Nc1c2c(cc3c1CCC3)CCC2. The number of nitrogens with zero attached hydrogens (tertiary/aromatic N) is 1. The first-order chi connectivity index (χ1) is 13.5. The van der Waals surface area contributed by atoms with Gasteiger partial charge in [-0.3, -0.25) is 5.14 Å². The number of nitrogens with one attached hydrogen (secondary N) is 1. The first kappa shape index (κ1) is 20.7. The highest BCUT2D eigenvalue weighted by Crippen LogP contribution is 2.38. The fraction of sp³-hybridized carbons (Fsp3) is 0.409. The number of rotatable bonds is 4. The second-order valence-corrected chi connectivity index (χ2v) is 8.43. The van der Waals surface area contributed by atoms with Crippen LogP contribution in [0.1, 0.15) is 40.7 Å². The van der Waals surface area contributed by atoms with Gasteiger partial charge in [0.1, 0.15) is 0 Å². The Labute approximate surface area is 172 Å². The molecule has 0 fully saturated rings. The number of amides is 2. The van der Waals surface area contributed by atoms with Crippen LogP contribution in [0.4, 0.5) is 10.5 Å². The molecule has 2 amide bonds. The van der Waals surface area contributed by atoms with Crippen LogP contribution in [0.5, 0.6) is 0 Å². The molecule has 150 valence electrons.